The van der Waals surface area contributed by atoms with Crippen molar-refractivity contribution >= 4 is 169 Å². The summed E-state index contributed by atoms with van der Waals surface area (Å²) in [5, 5.41) is 44.1. The molecular formula is C82H108Cl6N12O23S3. The lowest BCUT2D eigenvalue weighted by Gasteiger charge is -2.27. The molecule has 0 bridgehead atoms. The average Bonchev–Trinajstić information content (AvgIpc) is 1.23. The molecule has 7 N–H and O–H groups in total. The quantitative estimate of drug-likeness (QED) is 0.0107. The number of nitrogens with one attached hydrogen (secondary N) is 3. The summed E-state index contributed by atoms with van der Waals surface area (Å²) in [5.41, 5.74) is 1.45. The van der Waals surface area contributed by atoms with E-state index in [1.54, 1.807) is 6.92 Å². The van der Waals surface area contributed by atoms with Gasteiger partial charge < -0.3 is 103 Å². The Labute approximate surface area is 774 Å². The largest absolute Gasteiger partial charge is 0.480 e. The number of benzene rings is 3. The third kappa shape index (κ3) is 37.9. The van der Waals surface area contributed by atoms with Crippen LogP contribution in [0.15, 0.2) is 85.0 Å². The predicted molar refractivity (Wildman–Crippen MR) is 484 cm³/mol. The minimum Gasteiger partial charge on any atom is -0.480 e. The third-order valence-corrected chi connectivity index (χ3v) is 21.3. The molecule has 0 saturated carbocycles. The van der Waals surface area contributed by atoms with E-state index < -0.39 is 68.0 Å². The van der Waals surface area contributed by atoms with Gasteiger partial charge in [0, 0.05) is 104 Å². The van der Waals surface area contributed by atoms with Gasteiger partial charge in [-0.2, -0.15) is 13.1 Å². The molecule has 126 heavy (non-hydrogen) atoms. The molecule has 0 amide bonds. The summed E-state index contributed by atoms with van der Waals surface area (Å²) < 4.78 is 86.7. The number of aliphatic carboxylic acids is 3. The van der Waals surface area contributed by atoms with Gasteiger partial charge in [0.2, 0.25) is 17.5 Å². The van der Waals surface area contributed by atoms with Gasteiger partial charge in [0.1, 0.15) is 70.4 Å². The molecule has 3 aromatic heterocycles. The number of aliphatic hydroxyl groups excluding tert-OH is 1. The maximum absolute atomic E-state index is 12.7. The molecule has 6 aromatic rings. The topological polar surface area (TPSA) is 442 Å². The normalized spacial score (nSPS) is 14.1. The summed E-state index contributed by atoms with van der Waals surface area (Å²) in [5.74, 6) is -2.04. The first kappa shape index (κ1) is 108. The molecule has 6 heterocycles. The summed E-state index contributed by atoms with van der Waals surface area (Å²) in [6.07, 6.45) is 0.730. The second-order valence-electron chi connectivity index (χ2n) is 30.5. The highest BCUT2D eigenvalue weighted by Crippen LogP contribution is 2.40. The van der Waals surface area contributed by atoms with Crippen molar-refractivity contribution in [3.63, 3.8) is 0 Å². The summed E-state index contributed by atoms with van der Waals surface area (Å²) in [4.78, 5) is 98.0. The Bertz CT molecular complexity index is 4460. The van der Waals surface area contributed by atoms with Crippen molar-refractivity contribution in [1.82, 2.24) is 42.2 Å². The monoisotopic (exact) mass is 1930 g/mol. The molecule has 44 heteroatoms. The number of morpholine rings is 3. The van der Waals surface area contributed by atoms with Crippen LogP contribution in [0.5, 0.6) is 34.9 Å². The number of carbonyl (C=O) groups is 8. The second kappa shape index (κ2) is 54.0. The molecule has 9 rings (SSSR count). The molecule has 3 aliphatic heterocycles. The Morgan fingerprint density at radius 3 is 0.976 bits per heavy atom. The molecule has 0 spiro atoms. The van der Waals surface area contributed by atoms with Gasteiger partial charge in [0.25, 0.3) is 17.6 Å². The Morgan fingerprint density at radius 2 is 0.706 bits per heavy atom. The Morgan fingerprint density at radius 1 is 0.429 bits per heavy atom. The molecule has 0 aliphatic carbocycles. The number of aromatic nitrogens is 6. The van der Waals surface area contributed by atoms with Crippen LogP contribution >= 0.6 is 105 Å². The maximum atomic E-state index is 12.7. The molecule has 3 fully saturated rings. The molecule has 3 saturated heterocycles. The van der Waals surface area contributed by atoms with Gasteiger partial charge >= 0.3 is 29.8 Å². The second-order valence-corrected chi connectivity index (χ2v) is 34.4. The van der Waals surface area contributed by atoms with E-state index in [0.29, 0.717) is 163 Å². The van der Waals surface area contributed by atoms with Gasteiger partial charge in [-0.1, -0.05) is 110 Å². The molecule has 0 unspecified atom stereocenters. The predicted octanol–water partition coefficient (Wildman–Crippen LogP) is 13.0. The fourth-order valence-corrected chi connectivity index (χ4v) is 13.3. The first-order chi connectivity index (χ1) is 59.5. The van der Waals surface area contributed by atoms with Crippen LogP contribution in [0.3, 0.4) is 0 Å². The molecule has 3 aromatic carbocycles. The first-order valence-electron chi connectivity index (χ1n) is 39.5. The standard InChI is InChI=1S/2C26H34Cl2N4O6S.C13H12Cl2O4.C13H24N4O3S.C4H4O4/c2*1-6-16(2)23(34)18-7-8-19(22(28)21(18)27)36-15-20(33)38-17(13-29-26(3,4)5)14-37-25-24(30-39-31-25)32-9-11-35-12-10-32;1-3-7(2)13(18)8-4-5-9(12(15)11(8)14)19-6-10(16)17;1-13(2,3)14-8-10(18)9-20-12-11(15-21-16-12)17-4-6-19-7-5-17;5-3(6)1-2-4(7)8/h2*7-8,17,29H,2,6,9-15H2,1,3-5H3;4-5H,2-3,6H2,1H3,(H,16,17);10,14,18H,4-9H2,1-3H3;1-2H,(H,5,6)(H,7,8)/b;;;;2-1-/t2*17-;;10-;/m00.0./s1. The number of rotatable bonds is 40. The van der Waals surface area contributed by atoms with E-state index in [0.717, 1.165) is 54.1 Å². The maximum Gasteiger partial charge on any atom is 0.344 e. The fraction of sp³-hybridized carbons (Fsp3) is 0.512. The molecule has 35 nitrogen and oxygen atoms in total. The van der Waals surface area contributed by atoms with Crippen LogP contribution in [-0.2, 0) is 47.7 Å². The van der Waals surface area contributed by atoms with Crippen molar-refractivity contribution in [3.8, 4) is 34.9 Å². The van der Waals surface area contributed by atoms with Gasteiger partial charge in [-0.05, 0) is 135 Å². The van der Waals surface area contributed by atoms with Crippen LogP contribution in [0.25, 0.3) is 0 Å². The third-order valence-electron chi connectivity index (χ3n) is 17.2. The highest BCUT2D eigenvalue weighted by molar-refractivity contribution is 7.00. The number of Topliss-reactive ketones (excluding diaryl/α,β-unsaturated/α-hetero) is 3. The number of esters is 2. The van der Waals surface area contributed by atoms with Crippen LogP contribution in [0.1, 0.15) is 133 Å². The van der Waals surface area contributed by atoms with Gasteiger partial charge in [0.15, 0.2) is 37.2 Å². The molecular weight excluding hydrogens is 1830 g/mol. The van der Waals surface area contributed by atoms with Crippen molar-refractivity contribution in [1.29, 1.82) is 0 Å². The number of hydrogen-bond donors (Lipinski definition) is 7. The molecule has 694 valence electrons. The Balaban J connectivity index is 0.000000301. The average molecular weight is 1940 g/mol. The zero-order valence-corrected chi connectivity index (χ0v) is 79.0. The number of carbonyl (C=O) groups excluding carboxylic acids is 5. The lowest BCUT2D eigenvalue weighted by atomic mass is 10.0. The Hall–Kier alpha value is -8.68. The van der Waals surface area contributed by atoms with Crippen LogP contribution in [-0.4, -0.2) is 267 Å². The lowest BCUT2D eigenvalue weighted by Crippen LogP contribution is -2.44. The van der Waals surface area contributed by atoms with Gasteiger partial charge in [-0.3, -0.25) is 14.4 Å². The van der Waals surface area contributed by atoms with Crippen molar-refractivity contribution in [2.45, 2.75) is 137 Å². The van der Waals surface area contributed by atoms with E-state index >= 15 is 0 Å². The van der Waals surface area contributed by atoms with Crippen molar-refractivity contribution < 1.29 is 111 Å². The van der Waals surface area contributed by atoms with E-state index in [4.69, 9.17) is 137 Å². The van der Waals surface area contributed by atoms with E-state index in [-0.39, 0.29) is 118 Å². The fourth-order valence-electron chi connectivity index (χ4n) is 10.3. The number of aliphatic hydroxyl groups is 1. The van der Waals surface area contributed by atoms with Gasteiger partial charge in [0.05, 0.1) is 89.9 Å². The number of ketones is 3. The number of nitrogens with zero attached hydrogens (tertiary/aromatic N) is 9. The Kier molecular flexibility index (Phi) is 46.2. The first-order valence-corrected chi connectivity index (χ1v) is 43.9. The van der Waals surface area contributed by atoms with Crippen LogP contribution in [0.4, 0.5) is 17.5 Å². The van der Waals surface area contributed by atoms with Crippen molar-refractivity contribution in [2.75, 3.05) is 153 Å². The van der Waals surface area contributed by atoms with Crippen molar-refractivity contribution in [3.05, 3.63) is 132 Å². The van der Waals surface area contributed by atoms with Crippen LogP contribution < -0.4 is 59.1 Å². The summed E-state index contributed by atoms with van der Waals surface area (Å²) in [7, 11) is 0. The van der Waals surface area contributed by atoms with Gasteiger partial charge in [-0.25, -0.2) is 24.0 Å². The number of hydrogen-bond acceptors (Lipinski definition) is 35. The number of carboxylic acids is 3. The molecule has 3 atom stereocenters. The zero-order valence-electron chi connectivity index (χ0n) is 72.0. The SMILES string of the molecule is C=C(CC)C(=O)c1ccc(OCC(=O)O)c(Cl)c1Cl.C=C(CC)C(=O)c1ccc(OCC(=O)O[C@@H](CNC(C)(C)C)COc2nsnc2N2CCOCC2)c(Cl)c1Cl.C=C(CC)C(=O)c1ccc(OCC(=O)O[C@@H](CNC(C)(C)C)COc2nsnc2N2CCOCC2)c(Cl)c1Cl.CC(C)(C)NC[C@H](O)COc1nsnc1N1CCOCC1.O=C(O)/C=C\C(=O)O. The number of ether oxygens (including phenoxy) is 11. The number of β-amino-alcohol motifs (C(OH)–C–C–N with tert-alkyl or cyclic N) is 1. The number of allylic oxidation sites excluding steroid dienone is 3. The van der Waals surface area contributed by atoms with Crippen molar-refractivity contribution in [2.24, 2.45) is 0 Å². The number of carboxylic acid groups (broad SMARTS) is 3. The lowest BCUT2D eigenvalue weighted by molar-refractivity contribution is -0.153. The smallest absolute Gasteiger partial charge is 0.344 e. The van der Waals surface area contributed by atoms with E-state index in [2.05, 4.69) is 97.4 Å². The molecule has 3 aliphatic rings. The van der Waals surface area contributed by atoms with Crippen LogP contribution in [0.2, 0.25) is 30.1 Å². The highest BCUT2D eigenvalue weighted by Gasteiger charge is 2.30. The van der Waals surface area contributed by atoms with Crippen LogP contribution in [0, 0.1) is 0 Å². The van der Waals surface area contributed by atoms with E-state index in [9.17, 15) is 43.5 Å². The zero-order chi connectivity index (χ0) is 93.6. The number of anilines is 3. The van der Waals surface area contributed by atoms with Gasteiger partial charge in [-0.15, -0.1) is 13.1 Å². The summed E-state index contributed by atoms with van der Waals surface area (Å²) >= 11 is 40.4. The summed E-state index contributed by atoms with van der Waals surface area (Å²) in [6.45, 7) is 43.0. The highest BCUT2D eigenvalue weighted by atomic mass is 35.5. The van der Waals surface area contributed by atoms with E-state index in [1.807, 2.05) is 55.4 Å². The molecule has 0 radical (unpaired) electrons. The van der Waals surface area contributed by atoms with E-state index in [1.165, 1.54) is 36.4 Å². The summed E-state index contributed by atoms with van der Waals surface area (Å²) in [6, 6.07) is 8.82. The minimum atomic E-state index is -1.26. The minimum absolute atomic E-state index is 0.0117. The number of halogens is 6.